The van der Waals surface area contributed by atoms with Crippen LogP contribution in [-0.4, -0.2) is 41.5 Å². The third kappa shape index (κ3) is 3.24. The van der Waals surface area contributed by atoms with Gasteiger partial charge in [0.2, 0.25) is 5.91 Å². The second-order valence-electron chi connectivity index (χ2n) is 4.77. The van der Waals surface area contributed by atoms with Gasteiger partial charge in [0.05, 0.1) is 6.54 Å². The smallest absolute Gasteiger partial charge is 0.251 e. The molecule has 0 spiro atoms. The van der Waals surface area contributed by atoms with Gasteiger partial charge < -0.3 is 15.3 Å². The van der Waals surface area contributed by atoms with Crippen molar-refractivity contribution in [3.63, 3.8) is 0 Å². The molecule has 0 atom stereocenters. The van der Waals surface area contributed by atoms with E-state index in [1.165, 1.54) is 6.07 Å². The van der Waals surface area contributed by atoms with E-state index in [2.05, 4.69) is 5.32 Å². The van der Waals surface area contributed by atoms with Crippen molar-refractivity contribution < 1.29 is 14.7 Å². The number of nitrogens with one attached hydrogen (secondary N) is 1. The van der Waals surface area contributed by atoms with Crippen LogP contribution < -0.4 is 5.32 Å². The first-order chi connectivity index (χ1) is 9.08. The molecule has 2 N–H and O–H groups in total. The summed E-state index contributed by atoms with van der Waals surface area (Å²) < 4.78 is 0. The van der Waals surface area contributed by atoms with E-state index in [-0.39, 0.29) is 24.1 Å². The molecular weight excluding hydrogens is 244 g/mol. The predicted octanol–water partition coefficient (Wildman–Crippen LogP) is 1.05. The van der Waals surface area contributed by atoms with Gasteiger partial charge in [0.15, 0.2) is 0 Å². The van der Waals surface area contributed by atoms with Crippen molar-refractivity contribution >= 4 is 11.8 Å². The highest BCUT2D eigenvalue weighted by molar-refractivity contribution is 5.96. The predicted molar refractivity (Wildman–Crippen MR) is 71.0 cm³/mol. The molecule has 0 saturated carbocycles. The number of aryl methyl sites for hydroxylation is 1. The van der Waals surface area contributed by atoms with Crippen LogP contribution in [0.15, 0.2) is 18.2 Å². The maximum atomic E-state index is 11.8. The molecule has 1 aromatic carbocycles. The lowest BCUT2D eigenvalue weighted by Gasteiger charge is -2.15. The zero-order valence-electron chi connectivity index (χ0n) is 11.0. The van der Waals surface area contributed by atoms with Crippen molar-refractivity contribution in [1.29, 1.82) is 0 Å². The molecule has 0 unspecified atom stereocenters. The second-order valence-corrected chi connectivity index (χ2v) is 4.77. The van der Waals surface area contributed by atoms with Gasteiger partial charge in [-0.1, -0.05) is 6.07 Å². The molecule has 1 heterocycles. The van der Waals surface area contributed by atoms with Gasteiger partial charge in [0.25, 0.3) is 5.91 Å². The van der Waals surface area contributed by atoms with E-state index < -0.39 is 0 Å². The van der Waals surface area contributed by atoms with Crippen LogP contribution in [0.5, 0.6) is 5.75 Å². The van der Waals surface area contributed by atoms with Gasteiger partial charge in [-0.2, -0.15) is 0 Å². The van der Waals surface area contributed by atoms with E-state index >= 15 is 0 Å². The normalized spacial score (nSPS) is 14.5. The molecule has 1 aromatic rings. The molecule has 1 aliphatic heterocycles. The lowest BCUT2D eigenvalue weighted by atomic mass is 10.1. The van der Waals surface area contributed by atoms with Crippen LogP contribution in [0.1, 0.15) is 28.8 Å². The Bertz CT molecular complexity index is 493. The minimum atomic E-state index is -0.345. The zero-order chi connectivity index (χ0) is 13.8. The Morgan fingerprint density at radius 3 is 2.63 bits per heavy atom. The third-order valence-corrected chi connectivity index (χ3v) is 3.33. The molecule has 1 aliphatic rings. The van der Waals surface area contributed by atoms with Crippen molar-refractivity contribution in [1.82, 2.24) is 10.2 Å². The molecule has 2 amide bonds. The molecule has 0 bridgehead atoms. The number of likely N-dealkylation sites (tertiary alicyclic amines) is 1. The average molecular weight is 262 g/mol. The average Bonchev–Trinajstić information content (AvgIpc) is 2.92. The molecule has 1 fully saturated rings. The van der Waals surface area contributed by atoms with Gasteiger partial charge in [0, 0.05) is 18.7 Å². The van der Waals surface area contributed by atoms with E-state index in [1.54, 1.807) is 24.0 Å². The van der Waals surface area contributed by atoms with Gasteiger partial charge in [0.1, 0.15) is 5.75 Å². The number of hydrogen-bond donors (Lipinski definition) is 2. The maximum absolute atomic E-state index is 11.8. The molecule has 0 aromatic heterocycles. The van der Waals surface area contributed by atoms with Crippen molar-refractivity contribution in [3.05, 3.63) is 29.3 Å². The maximum Gasteiger partial charge on any atom is 0.251 e. The van der Waals surface area contributed by atoms with E-state index in [0.29, 0.717) is 11.1 Å². The Morgan fingerprint density at radius 1 is 1.32 bits per heavy atom. The van der Waals surface area contributed by atoms with Gasteiger partial charge in [-0.25, -0.2) is 0 Å². The highest BCUT2D eigenvalue weighted by Crippen LogP contribution is 2.17. The lowest BCUT2D eigenvalue weighted by molar-refractivity contribution is -0.129. The molecule has 5 nitrogen and oxygen atoms in total. The number of carbonyl (C=O) groups is 2. The summed E-state index contributed by atoms with van der Waals surface area (Å²) in [6.07, 6.45) is 2.07. The fraction of sp³-hybridized carbons (Fsp3) is 0.429. The number of carbonyl (C=O) groups excluding carboxylic acids is 2. The van der Waals surface area contributed by atoms with Gasteiger partial charge >= 0.3 is 0 Å². The minimum Gasteiger partial charge on any atom is -0.508 e. The number of phenols is 1. The Kier molecular flexibility index (Phi) is 4.04. The fourth-order valence-corrected chi connectivity index (χ4v) is 2.09. The van der Waals surface area contributed by atoms with Gasteiger partial charge in [-0.3, -0.25) is 9.59 Å². The SMILES string of the molecule is Cc1ccc(C(=O)NCC(=O)N2CCCC2)cc1O. The van der Waals surface area contributed by atoms with E-state index in [9.17, 15) is 14.7 Å². The molecule has 2 rings (SSSR count). The number of amides is 2. The van der Waals surface area contributed by atoms with Gasteiger partial charge in [-0.15, -0.1) is 0 Å². The molecule has 1 saturated heterocycles. The van der Waals surface area contributed by atoms with Crippen molar-refractivity contribution in [2.24, 2.45) is 0 Å². The Morgan fingerprint density at radius 2 is 2.00 bits per heavy atom. The largest absolute Gasteiger partial charge is 0.508 e. The van der Waals surface area contributed by atoms with Crippen LogP contribution in [0.25, 0.3) is 0 Å². The number of hydrogen-bond acceptors (Lipinski definition) is 3. The highest BCUT2D eigenvalue weighted by Gasteiger charge is 2.18. The summed E-state index contributed by atoms with van der Waals surface area (Å²) in [4.78, 5) is 25.4. The number of nitrogens with zero attached hydrogens (tertiary/aromatic N) is 1. The number of rotatable bonds is 3. The fourth-order valence-electron chi connectivity index (χ4n) is 2.09. The Labute approximate surface area is 112 Å². The van der Waals surface area contributed by atoms with Crippen LogP contribution in [0.3, 0.4) is 0 Å². The monoisotopic (exact) mass is 262 g/mol. The topological polar surface area (TPSA) is 69.6 Å². The van der Waals surface area contributed by atoms with Crippen LogP contribution in [-0.2, 0) is 4.79 Å². The van der Waals surface area contributed by atoms with Crippen molar-refractivity contribution in [2.45, 2.75) is 19.8 Å². The van der Waals surface area contributed by atoms with Crippen LogP contribution in [0.4, 0.5) is 0 Å². The highest BCUT2D eigenvalue weighted by atomic mass is 16.3. The van der Waals surface area contributed by atoms with Crippen LogP contribution in [0.2, 0.25) is 0 Å². The Balaban J connectivity index is 1.90. The number of benzene rings is 1. The van der Waals surface area contributed by atoms with Crippen LogP contribution >= 0.6 is 0 Å². The summed E-state index contributed by atoms with van der Waals surface area (Å²) >= 11 is 0. The lowest BCUT2D eigenvalue weighted by Crippen LogP contribution is -2.38. The first-order valence-electron chi connectivity index (χ1n) is 6.43. The standard InChI is InChI=1S/C14H18N2O3/c1-10-4-5-11(8-12(10)17)14(19)15-9-13(18)16-6-2-3-7-16/h4-5,8,17H,2-3,6-7,9H2,1H3,(H,15,19). The summed E-state index contributed by atoms with van der Waals surface area (Å²) in [6, 6.07) is 4.71. The zero-order valence-corrected chi connectivity index (χ0v) is 11.0. The third-order valence-electron chi connectivity index (χ3n) is 3.33. The number of phenolic OH excluding ortho intramolecular Hbond substituents is 1. The molecule has 5 heteroatoms. The first-order valence-corrected chi connectivity index (χ1v) is 6.43. The summed E-state index contributed by atoms with van der Waals surface area (Å²) in [5.41, 5.74) is 1.07. The van der Waals surface area contributed by atoms with Crippen molar-refractivity contribution in [2.75, 3.05) is 19.6 Å². The molecular formula is C14H18N2O3. The molecule has 102 valence electrons. The summed E-state index contributed by atoms with van der Waals surface area (Å²) in [7, 11) is 0. The minimum absolute atomic E-state index is 0.00741. The summed E-state index contributed by atoms with van der Waals surface area (Å²) in [6.45, 7) is 3.32. The van der Waals surface area contributed by atoms with Crippen LogP contribution in [0, 0.1) is 6.92 Å². The van der Waals surface area contributed by atoms with E-state index in [1.807, 2.05) is 0 Å². The molecule has 0 radical (unpaired) electrons. The Hall–Kier alpha value is -2.04. The molecule has 19 heavy (non-hydrogen) atoms. The van der Waals surface area contributed by atoms with E-state index in [4.69, 9.17) is 0 Å². The summed E-state index contributed by atoms with van der Waals surface area (Å²) in [5.74, 6) is -0.316. The molecule has 0 aliphatic carbocycles. The van der Waals surface area contributed by atoms with Gasteiger partial charge in [-0.05, 0) is 37.5 Å². The van der Waals surface area contributed by atoms with Crippen molar-refractivity contribution in [3.8, 4) is 5.75 Å². The first kappa shape index (κ1) is 13.4. The number of aromatic hydroxyl groups is 1. The summed E-state index contributed by atoms with van der Waals surface area (Å²) in [5, 5.41) is 12.1. The second kappa shape index (κ2) is 5.73. The van der Waals surface area contributed by atoms with E-state index in [0.717, 1.165) is 25.9 Å². The quantitative estimate of drug-likeness (QED) is 0.855.